The standard InChI is InChI=1S/C23H30N2O3S/c1-17-12-18(2)15-25(14-17)16-21-7-5-4-6-20(21)13-24-23(26)19-8-10-22(11-9-19)29(3,27)28/h4-11,17-18H,12-16H2,1-3H3,(H,24,26)/t17-,18-/m0/s1. The van der Waals surface area contributed by atoms with Crippen molar-refractivity contribution in [1.82, 2.24) is 10.2 Å². The minimum Gasteiger partial charge on any atom is -0.348 e. The zero-order valence-corrected chi connectivity index (χ0v) is 18.2. The molecule has 3 rings (SSSR count). The van der Waals surface area contributed by atoms with Gasteiger partial charge in [-0.25, -0.2) is 8.42 Å². The molecule has 6 heteroatoms. The van der Waals surface area contributed by atoms with Gasteiger partial charge in [-0.2, -0.15) is 0 Å². The van der Waals surface area contributed by atoms with Crippen molar-refractivity contribution in [2.45, 2.75) is 38.3 Å². The van der Waals surface area contributed by atoms with E-state index in [0.717, 1.165) is 31.5 Å². The molecule has 1 heterocycles. The summed E-state index contributed by atoms with van der Waals surface area (Å²) in [5.74, 6) is 1.21. The van der Waals surface area contributed by atoms with Crippen LogP contribution in [0.5, 0.6) is 0 Å². The number of carbonyl (C=O) groups excluding carboxylic acids is 1. The smallest absolute Gasteiger partial charge is 0.251 e. The molecule has 5 nitrogen and oxygen atoms in total. The van der Waals surface area contributed by atoms with Crippen LogP contribution in [0.2, 0.25) is 0 Å². The van der Waals surface area contributed by atoms with Crippen molar-refractivity contribution in [3.63, 3.8) is 0 Å². The molecule has 2 aromatic carbocycles. The summed E-state index contributed by atoms with van der Waals surface area (Å²) < 4.78 is 23.1. The highest BCUT2D eigenvalue weighted by Gasteiger charge is 2.22. The molecule has 0 aromatic heterocycles. The van der Waals surface area contributed by atoms with Crippen molar-refractivity contribution in [2.24, 2.45) is 11.8 Å². The predicted octanol–water partition coefficient (Wildman–Crippen LogP) is 3.50. The van der Waals surface area contributed by atoms with Crippen LogP contribution in [0.15, 0.2) is 53.4 Å². The molecule has 0 spiro atoms. The Morgan fingerprint density at radius 2 is 1.59 bits per heavy atom. The van der Waals surface area contributed by atoms with E-state index in [9.17, 15) is 13.2 Å². The van der Waals surface area contributed by atoms with Crippen molar-refractivity contribution >= 4 is 15.7 Å². The monoisotopic (exact) mass is 414 g/mol. The van der Waals surface area contributed by atoms with Gasteiger partial charge in [0.15, 0.2) is 9.84 Å². The first kappa shape index (κ1) is 21.5. The third kappa shape index (κ3) is 5.90. The van der Waals surface area contributed by atoms with Gasteiger partial charge >= 0.3 is 0 Å². The number of hydrogen-bond donors (Lipinski definition) is 1. The Labute approximate surface area is 174 Å². The van der Waals surface area contributed by atoms with Crippen LogP contribution >= 0.6 is 0 Å². The molecule has 1 amide bonds. The van der Waals surface area contributed by atoms with Gasteiger partial charge in [0.2, 0.25) is 0 Å². The van der Waals surface area contributed by atoms with Gasteiger partial charge in [0.1, 0.15) is 0 Å². The summed E-state index contributed by atoms with van der Waals surface area (Å²) in [4.78, 5) is 15.2. The number of nitrogens with one attached hydrogen (secondary N) is 1. The fraction of sp³-hybridized carbons (Fsp3) is 0.435. The SMILES string of the molecule is C[C@H]1C[C@H](C)CN(Cc2ccccc2CNC(=O)c2ccc(S(C)(=O)=O)cc2)C1. The summed E-state index contributed by atoms with van der Waals surface area (Å²) in [5.41, 5.74) is 2.80. The van der Waals surface area contributed by atoms with E-state index in [2.05, 4.69) is 36.2 Å². The highest BCUT2D eigenvalue weighted by Crippen LogP contribution is 2.23. The number of hydrogen-bond acceptors (Lipinski definition) is 4. The van der Waals surface area contributed by atoms with Gasteiger partial charge in [0.25, 0.3) is 5.91 Å². The maximum absolute atomic E-state index is 12.5. The minimum atomic E-state index is -3.26. The molecule has 0 unspecified atom stereocenters. The van der Waals surface area contributed by atoms with E-state index in [1.54, 1.807) is 12.1 Å². The molecule has 0 saturated carbocycles. The fourth-order valence-corrected chi connectivity index (χ4v) is 4.81. The van der Waals surface area contributed by atoms with Crippen molar-refractivity contribution in [1.29, 1.82) is 0 Å². The predicted molar refractivity (Wildman–Crippen MR) is 115 cm³/mol. The molecule has 1 aliphatic heterocycles. The average molecular weight is 415 g/mol. The Morgan fingerprint density at radius 3 is 2.17 bits per heavy atom. The molecular weight excluding hydrogens is 384 g/mol. The van der Waals surface area contributed by atoms with Gasteiger partial charge in [0, 0.05) is 38.0 Å². The molecule has 156 valence electrons. The molecule has 1 N–H and O–H groups in total. The van der Waals surface area contributed by atoms with Crippen molar-refractivity contribution in [2.75, 3.05) is 19.3 Å². The molecule has 29 heavy (non-hydrogen) atoms. The molecule has 0 radical (unpaired) electrons. The largest absolute Gasteiger partial charge is 0.348 e. The number of sulfone groups is 1. The second-order valence-electron chi connectivity index (χ2n) is 8.39. The van der Waals surface area contributed by atoms with E-state index >= 15 is 0 Å². The summed E-state index contributed by atoms with van der Waals surface area (Å²) in [7, 11) is -3.26. The Kier molecular flexibility index (Phi) is 6.75. The third-order valence-corrected chi connectivity index (χ3v) is 6.57. The summed E-state index contributed by atoms with van der Waals surface area (Å²) in [6.45, 7) is 8.18. The molecule has 2 aromatic rings. The van der Waals surface area contributed by atoms with Crippen LogP contribution in [0.25, 0.3) is 0 Å². The zero-order valence-electron chi connectivity index (χ0n) is 17.4. The highest BCUT2D eigenvalue weighted by molar-refractivity contribution is 7.90. The molecule has 1 aliphatic rings. The number of amides is 1. The van der Waals surface area contributed by atoms with E-state index < -0.39 is 9.84 Å². The van der Waals surface area contributed by atoms with Crippen LogP contribution in [0.1, 0.15) is 41.8 Å². The number of carbonyl (C=O) groups is 1. The highest BCUT2D eigenvalue weighted by atomic mass is 32.2. The van der Waals surface area contributed by atoms with Crippen molar-refractivity contribution in [3.05, 3.63) is 65.2 Å². The Bertz CT molecular complexity index is 944. The second-order valence-corrected chi connectivity index (χ2v) is 10.4. The number of benzene rings is 2. The average Bonchev–Trinajstić information content (AvgIpc) is 2.65. The number of likely N-dealkylation sites (tertiary alicyclic amines) is 1. The lowest BCUT2D eigenvalue weighted by Crippen LogP contribution is -2.38. The second kappa shape index (κ2) is 9.09. The van der Waals surface area contributed by atoms with Crippen LogP contribution < -0.4 is 5.32 Å². The van der Waals surface area contributed by atoms with Gasteiger partial charge < -0.3 is 5.32 Å². The Morgan fingerprint density at radius 1 is 1.00 bits per heavy atom. The van der Waals surface area contributed by atoms with Crippen LogP contribution in [0.4, 0.5) is 0 Å². The number of nitrogens with zero attached hydrogens (tertiary/aromatic N) is 1. The quantitative estimate of drug-likeness (QED) is 0.786. The van der Waals surface area contributed by atoms with Gasteiger partial charge in [-0.15, -0.1) is 0 Å². The summed E-state index contributed by atoms with van der Waals surface area (Å²) in [5, 5.41) is 2.96. The molecule has 1 saturated heterocycles. The van der Waals surface area contributed by atoms with E-state index in [-0.39, 0.29) is 10.8 Å². The Hall–Kier alpha value is -2.18. The fourth-order valence-electron chi connectivity index (χ4n) is 4.18. The first-order valence-corrected chi connectivity index (χ1v) is 12.0. The topological polar surface area (TPSA) is 66.5 Å². The van der Waals surface area contributed by atoms with Crippen molar-refractivity contribution in [3.8, 4) is 0 Å². The van der Waals surface area contributed by atoms with Crippen molar-refractivity contribution < 1.29 is 13.2 Å². The molecular formula is C23H30N2O3S. The van der Waals surface area contributed by atoms with Crippen LogP contribution in [0, 0.1) is 11.8 Å². The van der Waals surface area contributed by atoms with Gasteiger partial charge in [-0.1, -0.05) is 38.1 Å². The van der Waals surface area contributed by atoms with Crippen LogP contribution in [0.3, 0.4) is 0 Å². The number of rotatable bonds is 6. The lowest BCUT2D eigenvalue weighted by Gasteiger charge is -2.35. The minimum absolute atomic E-state index is 0.208. The van der Waals surface area contributed by atoms with Gasteiger partial charge in [0.05, 0.1) is 4.90 Å². The lowest BCUT2D eigenvalue weighted by atomic mass is 9.91. The van der Waals surface area contributed by atoms with Crippen LogP contribution in [-0.2, 0) is 22.9 Å². The number of piperidine rings is 1. The van der Waals surface area contributed by atoms with E-state index in [1.165, 1.54) is 24.1 Å². The van der Waals surface area contributed by atoms with E-state index in [4.69, 9.17) is 0 Å². The van der Waals surface area contributed by atoms with Crippen LogP contribution in [-0.4, -0.2) is 38.6 Å². The first-order chi connectivity index (χ1) is 13.7. The van der Waals surface area contributed by atoms with Gasteiger partial charge in [-0.05, 0) is 53.6 Å². The van der Waals surface area contributed by atoms with Gasteiger partial charge in [-0.3, -0.25) is 9.69 Å². The molecule has 0 aliphatic carbocycles. The first-order valence-electron chi connectivity index (χ1n) is 10.1. The van der Waals surface area contributed by atoms with E-state index in [1.807, 2.05) is 12.1 Å². The zero-order chi connectivity index (χ0) is 21.0. The van der Waals surface area contributed by atoms with E-state index in [0.29, 0.717) is 23.9 Å². The Balaban J connectivity index is 1.64. The lowest BCUT2D eigenvalue weighted by molar-refractivity contribution is 0.0950. The third-order valence-electron chi connectivity index (χ3n) is 5.44. The normalized spacial score (nSPS) is 20.4. The summed E-state index contributed by atoms with van der Waals surface area (Å²) in [6.07, 6.45) is 2.44. The maximum atomic E-state index is 12.5. The molecule has 1 fully saturated rings. The summed E-state index contributed by atoms with van der Waals surface area (Å²) in [6, 6.07) is 14.3. The molecule has 2 atom stereocenters. The summed E-state index contributed by atoms with van der Waals surface area (Å²) >= 11 is 0. The molecule has 0 bridgehead atoms. The maximum Gasteiger partial charge on any atom is 0.251 e.